The summed E-state index contributed by atoms with van der Waals surface area (Å²) in [5, 5.41) is 12.3. The molecule has 22 heavy (non-hydrogen) atoms. The van der Waals surface area contributed by atoms with Gasteiger partial charge in [0.05, 0.1) is 6.04 Å². The highest BCUT2D eigenvalue weighted by molar-refractivity contribution is 5.85. The van der Waals surface area contributed by atoms with Crippen LogP contribution in [0.3, 0.4) is 0 Å². The summed E-state index contributed by atoms with van der Waals surface area (Å²) in [6.07, 6.45) is -6.10. The molecule has 0 radical (unpaired) electrons. The van der Waals surface area contributed by atoms with E-state index in [1.54, 1.807) is 30.3 Å². The van der Waals surface area contributed by atoms with Crippen molar-refractivity contribution in [2.75, 3.05) is 13.1 Å². The Morgan fingerprint density at radius 2 is 2.00 bits per heavy atom. The molecule has 2 unspecified atom stereocenters. The number of carbonyl (C=O) groups is 2. The third-order valence-corrected chi connectivity index (χ3v) is 3.29. The third kappa shape index (κ3) is 4.20. The van der Waals surface area contributed by atoms with Crippen LogP contribution in [0.15, 0.2) is 30.3 Å². The number of hydrogen-bond acceptors (Lipinski definition) is 3. The molecule has 2 rings (SSSR count). The molecular formula is C14H15F3N2O3. The topological polar surface area (TPSA) is 69.6 Å². The lowest BCUT2D eigenvalue weighted by molar-refractivity contribution is -0.157. The summed E-state index contributed by atoms with van der Waals surface area (Å²) in [6.45, 7) is -1.55. The molecule has 1 fully saturated rings. The Bertz CT molecular complexity index is 548. The van der Waals surface area contributed by atoms with Crippen LogP contribution in [-0.4, -0.2) is 47.1 Å². The Hall–Kier alpha value is -2.09. The number of likely N-dealkylation sites (tertiary alicyclic amines) is 1. The molecule has 5 nitrogen and oxygen atoms in total. The van der Waals surface area contributed by atoms with E-state index < -0.39 is 36.7 Å². The maximum atomic E-state index is 12.3. The number of benzene rings is 1. The molecule has 0 bridgehead atoms. The zero-order valence-corrected chi connectivity index (χ0v) is 11.5. The van der Waals surface area contributed by atoms with Gasteiger partial charge >= 0.3 is 6.18 Å². The first-order valence-electron chi connectivity index (χ1n) is 6.64. The molecule has 0 aliphatic carbocycles. The highest BCUT2D eigenvalue weighted by Gasteiger charge is 2.39. The number of amides is 2. The summed E-state index contributed by atoms with van der Waals surface area (Å²) in [4.78, 5) is 24.0. The number of aliphatic hydroxyl groups excluding tert-OH is 1. The Balaban J connectivity index is 1.92. The molecule has 1 heterocycles. The Morgan fingerprint density at radius 1 is 1.36 bits per heavy atom. The Morgan fingerprint density at radius 3 is 2.59 bits per heavy atom. The zero-order valence-electron chi connectivity index (χ0n) is 11.5. The summed E-state index contributed by atoms with van der Waals surface area (Å²) >= 11 is 0. The number of carbonyl (C=O) groups excluding carboxylic acids is 2. The van der Waals surface area contributed by atoms with Gasteiger partial charge in [0.15, 0.2) is 6.10 Å². The van der Waals surface area contributed by atoms with Crippen molar-refractivity contribution in [2.24, 2.45) is 0 Å². The molecule has 1 aromatic carbocycles. The summed E-state index contributed by atoms with van der Waals surface area (Å²) in [6, 6.07) is 7.39. The minimum Gasteiger partial charge on any atom is -0.378 e. The van der Waals surface area contributed by atoms with Gasteiger partial charge in [0, 0.05) is 13.0 Å². The smallest absolute Gasteiger partial charge is 0.378 e. The molecule has 1 aliphatic heterocycles. The van der Waals surface area contributed by atoms with Crippen LogP contribution < -0.4 is 5.32 Å². The molecule has 0 saturated carbocycles. The molecule has 1 aliphatic rings. The van der Waals surface area contributed by atoms with Gasteiger partial charge in [-0.1, -0.05) is 30.3 Å². The SMILES string of the molecule is O=C(NC1CC(=O)N(CC(F)(F)F)C1)C(O)c1ccccc1. The van der Waals surface area contributed by atoms with Crippen molar-refractivity contribution in [2.45, 2.75) is 24.7 Å². The van der Waals surface area contributed by atoms with Crippen molar-refractivity contribution >= 4 is 11.8 Å². The predicted octanol–water partition coefficient (Wildman–Crippen LogP) is 0.999. The second kappa shape index (κ2) is 6.35. The fraction of sp³-hybridized carbons (Fsp3) is 0.429. The molecule has 2 atom stereocenters. The van der Waals surface area contributed by atoms with Crippen LogP contribution in [0, 0.1) is 0 Å². The third-order valence-electron chi connectivity index (χ3n) is 3.29. The van der Waals surface area contributed by atoms with Crippen LogP contribution >= 0.6 is 0 Å². The Labute approximate surface area is 124 Å². The monoisotopic (exact) mass is 316 g/mol. The van der Waals surface area contributed by atoms with Gasteiger partial charge in [-0.15, -0.1) is 0 Å². The van der Waals surface area contributed by atoms with E-state index in [9.17, 15) is 27.9 Å². The van der Waals surface area contributed by atoms with Gasteiger partial charge < -0.3 is 15.3 Å². The van der Waals surface area contributed by atoms with Crippen molar-refractivity contribution in [3.05, 3.63) is 35.9 Å². The highest BCUT2D eigenvalue weighted by Crippen LogP contribution is 2.21. The van der Waals surface area contributed by atoms with Crippen LogP contribution in [0.1, 0.15) is 18.1 Å². The molecular weight excluding hydrogens is 301 g/mol. The van der Waals surface area contributed by atoms with Crippen LogP contribution in [0.25, 0.3) is 0 Å². The standard InChI is InChI=1S/C14H15F3N2O3/c15-14(16,17)8-19-7-10(6-11(19)20)18-13(22)12(21)9-4-2-1-3-5-9/h1-5,10,12,21H,6-8H2,(H,18,22). The average Bonchev–Trinajstić information content (AvgIpc) is 2.76. The predicted molar refractivity (Wildman–Crippen MR) is 70.6 cm³/mol. The quantitative estimate of drug-likeness (QED) is 0.871. The van der Waals surface area contributed by atoms with Gasteiger partial charge in [0.2, 0.25) is 5.91 Å². The normalized spacial score (nSPS) is 20.1. The van der Waals surface area contributed by atoms with E-state index in [1.807, 2.05) is 0 Å². The lowest BCUT2D eigenvalue weighted by atomic mass is 10.1. The number of halogens is 3. The number of hydrogen-bond donors (Lipinski definition) is 2. The number of aliphatic hydroxyl groups is 1. The van der Waals surface area contributed by atoms with E-state index in [1.165, 1.54) is 0 Å². The molecule has 2 N–H and O–H groups in total. The molecule has 2 amide bonds. The number of nitrogens with zero attached hydrogens (tertiary/aromatic N) is 1. The number of nitrogens with one attached hydrogen (secondary N) is 1. The lowest BCUT2D eigenvalue weighted by Crippen LogP contribution is -2.41. The van der Waals surface area contributed by atoms with Crippen LogP contribution in [0.5, 0.6) is 0 Å². The van der Waals surface area contributed by atoms with E-state index in [-0.39, 0.29) is 13.0 Å². The lowest BCUT2D eigenvalue weighted by Gasteiger charge is -2.19. The first-order valence-corrected chi connectivity index (χ1v) is 6.64. The number of alkyl halides is 3. The van der Waals surface area contributed by atoms with E-state index >= 15 is 0 Å². The minimum absolute atomic E-state index is 0.205. The van der Waals surface area contributed by atoms with Crippen molar-refractivity contribution in [3.63, 3.8) is 0 Å². The molecule has 0 aromatic heterocycles. The van der Waals surface area contributed by atoms with Gasteiger partial charge in [-0.05, 0) is 5.56 Å². The summed E-state index contributed by atoms with van der Waals surface area (Å²) < 4.78 is 36.9. The van der Waals surface area contributed by atoms with Crippen molar-refractivity contribution in [1.82, 2.24) is 10.2 Å². The minimum atomic E-state index is -4.47. The largest absolute Gasteiger partial charge is 0.406 e. The zero-order chi connectivity index (χ0) is 16.3. The molecule has 0 spiro atoms. The van der Waals surface area contributed by atoms with Gasteiger partial charge in [0.1, 0.15) is 6.54 Å². The van der Waals surface area contributed by atoms with Crippen LogP contribution in [0.4, 0.5) is 13.2 Å². The van der Waals surface area contributed by atoms with Crippen molar-refractivity contribution in [3.8, 4) is 0 Å². The first-order chi connectivity index (χ1) is 10.3. The number of rotatable bonds is 4. The van der Waals surface area contributed by atoms with E-state index in [0.717, 1.165) is 0 Å². The summed E-state index contributed by atoms with van der Waals surface area (Å²) in [5.74, 6) is -1.41. The average molecular weight is 316 g/mol. The molecule has 1 aromatic rings. The van der Waals surface area contributed by atoms with Crippen molar-refractivity contribution in [1.29, 1.82) is 0 Å². The van der Waals surface area contributed by atoms with Crippen molar-refractivity contribution < 1.29 is 27.9 Å². The Kier molecular flexibility index (Phi) is 4.70. The van der Waals surface area contributed by atoms with Gasteiger partial charge in [-0.2, -0.15) is 13.2 Å². The molecule has 120 valence electrons. The first kappa shape index (κ1) is 16.3. The second-order valence-electron chi connectivity index (χ2n) is 5.11. The fourth-order valence-corrected chi connectivity index (χ4v) is 2.30. The van der Waals surface area contributed by atoms with E-state index in [2.05, 4.69) is 5.32 Å². The van der Waals surface area contributed by atoms with Gasteiger partial charge in [-0.3, -0.25) is 9.59 Å². The summed E-state index contributed by atoms with van der Waals surface area (Å²) in [7, 11) is 0. The van der Waals surface area contributed by atoms with Crippen LogP contribution in [-0.2, 0) is 9.59 Å². The van der Waals surface area contributed by atoms with E-state index in [0.29, 0.717) is 10.5 Å². The highest BCUT2D eigenvalue weighted by atomic mass is 19.4. The molecule has 8 heteroatoms. The maximum Gasteiger partial charge on any atom is 0.406 e. The van der Waals surface area contributed by atoms with Crippen LogP contribution in [0.2, 0.25) is 0 Å². The fourth-order valence-electron chi connectivity index (χ4n) is 2.30. The summed E-state index contributed by atoms with van der Waals surface area (Å²) in [5.41, 5.74) is 0.372. The van der Waals surface area contributed by atoms with Gasteiger partial charge in [0.25, 0.3) is 5.91 Å². The molecule has 1 saturated heterocycles. The maximum absolute atomic E-state index is 12.3. The van der Waals surface area contributed by atoms with E-state index in [4.69, 9.17) is 0 Å². The van der Waals surface area contributed by atoms with Gasteiger partial charge in [-0.25, -0.2) is 0 Å². The second-order valence-corrected chi connectivity index (χ2v) is 5.11.